The average Bonchev–Trinajstić information content (AvgIpc) is 2.40. The Labute approximate surface area is 111 Å². The van der Waals surface area contributed by atoms with Crippen molar-refractivity contribution in [1.82, 2.24) is 0 Å². The van der Waals surface area contributed by atoms with Crippen LogP contribution in [0.2, 0.25) is 0 Å². The molecule has 3 rings (SSSR count). The first-order valence-corrected chi connectivity index (χ1v) is 7.65. The fourth-order valence-electron chi connectivity index (χ4n) is 3.77. The van der Waals surface area contributed by atoms with Gasteiger partial charge in [0.2, 0.25) is 0 Å². The summed E-state index contributed by atoms with van der Waals surface area (Å²) in [4.78, 5) is 0. The zero-order valence-corrected chi connectivity index (χ0v) is 11.3. The van der Waals surface area contributed by atoms with Crippen molar-refractivity contribution in [3.63, 3.8) is 0 Å². The van der Waals surface area contributed by atoms with E-state index in [-0.39, 0.29) is 0 Å². The Kier molecular flexibility index (Phi) is 3.43. The van der Waals surface area contributed by atoms with Crippen LogP contribution in [0.4, 0.5) is 0 Å². The third kappa shape index (κ3) is 2.09. The molecular weight excluding hydrogens is 218 g/mol. The number of nitrogens with two attached hydrogens (primary N) is 1. The van der Waals surface area contributed by atoms with E-state index in [1.165, 1.54) is 56.9 Å². The second-order valence-electron chi connectivity index (χ2n) is 6.30. The Morgan fingerprint density at radius 3 is 2.44 bits per heavy atom. The van der Waals surface area contributed by atoms with E-state index in [1.54, 1.807) is 5.56 Å². The normalized spacial score (nSPS) is 23.6. The maximum absolute atomic E-state index is 6.03. The molecule has 2 N–H and O–H groups in total. The SMILES string of the molecule is NCC1(c2cccc(C3CCCCC3)c2)CCC1. The van der Waals surface area contributed by atoms with Gasteiger partial charge in [-0.15, -0.1) is 0 Å². The first kappa shape index (κ1) is 12.2. The van der Waals surface area contributed by atoms with Crippen molar-refractivity contribution < 1.29 is 0 Å². The van der Waals surface area contributed by atoms with Crippen molar-refractivity contribution in [3.05, 3.63) is 35.4 Å². The Hall–Kier alpha value is -0.820. The van der Waals surface area contributed by atoms with Crippen LogP contribution >= 0.6 is 0 Å². The van der Waals surface area contributed by atoms with Gasteiger partial charge in [-0.2, -0.15) is 0 Å². The molecule has 2 aliphatic carbocycles. The van der Waals surface area contributed by atoms with Gasteiger partial charge < -0.3 is 5.73 Å². The van der Waals surface area contributed by atoms with Gasteiger partial charge in [0.25, 0.3) is 0 Å². The summed E-state index contributed by atoms with van der Waals surface area (Å²) in [5.41, 5.74) is 9.44. The van der Waals surface area contributed by atoms with Gasteiger partial charge in [0.15, 0.2) is 0 Å². The summed E-state index contributed by atoms with van der Waals surface area (Å²) in [6.07, 6.45) is 11.0. The lowest BCUT2D eigenvalue weighted by molar-refractivity contribution is 0.252. The van der Waals surface area contributed by atoms with Crippen LogP contribution in [0.3, 0.4) is 0 Å². The van der Waals surface area contributed by atoms with Gasteiger partial charge in [-0.25, -0.2) is 0 Å². The lowest BCUT2D eigenvalue weighted by Crippen LogP contribution is -2.41. The van der Waals surface area contributed by atoms with Gasteiger partial charge in [-0.3, -0.25) is 0 Å². The van der Waals surface area contributed by atoms with E-state index in [0.29, 0.717) is 5.41 Å². The monoisotopic (exact) mass is 243 g/mol. The second kappa shape index (κ2) is 5.05. The van der Waals surface area contributed by atoms with Crippen molar-refractivity contribution in [1.29, 1.82) is 0 Å². The van der Waals surface area contributed by atoms with Crippen LogP contribution in [0.25, 0.3) is 0 Å². The number of hydrogen-bond acceptors (Lipinski definition) is 1. The summed E-state index contributed by atoms with van der Waals surface area (Å²) < 4.78 is 0. The van der Waals surface area contributed by atoms with Gasteiger partial charge in [-0.1, -0.05) is 49.9 Å². The fourth-order valence-corrected chi connectivity index (χ4v) is 3.77. The standard InChI is InChI=1S/C17H25N/c18-13-17(10-5-11-17)16-9-4-8-15(12-16)14-6-2-1-3-7-14/h4,8-9,12,14H,1-3,5-7,10-11,13,18H2. The molecule has 0 spiro atoms. The van der Waals surface area contributed by atoms with Crippen molar-refractivity contribution in [2.75, 3.05) is 6.54 Å². The predicted octanol–water partition coefficient (Wildman–Crippen LogP) is 4.11. The van der Waals surface area contributed by atoms with E-state index < -0.39 is 0 Å². The Morgan fingerprint density at radius 1 is 1.06 bits per heavy atom. The van der Waals surface area contributed by atoms with E-state index in [9.17, 15) is 0 Å². The average molecular weight is 243 g/mol. The number of benzene rings is 1. The van der Waals surface area contributed by atoms with E-state index in [0.717, 1.165) is 12.5 Å². The molecule has 0 atom stereocenters. The Bertz CT molecular complexity index is 394. The van der Waals surface area contributed by atoms with Crippen LogP contribution in [0.1, 0.15) is 68.4 Å². The summed E-state index contributed by atoms with van der Waals surface area (Å²) in [5, 5.41) is 0. The molecule has 1 heteroatoms. The maximum Gasteiger partial charge on any atom is 0.00756 e. The molecule has 0 unspecified atom stereocenters. The quantitative estimate of drug-likeness (QED) is 0.849. The number of rotatable bonds is 3. The zero-order valence-electron chi connectivity index (χ0n) is 11.3. The molecular formula is C17H25N. The summed E-state index contributed by atoms with van der Waals surface area (Å²) >= 11 is 0. The molecule has 18 heavy (non-hydrogen) atoms. The largest absolute Gasteiger partial charge is 0.330 e. The minimum atomic E-state index is 0.324. The highest BCUT2D eigenvalue weighted by Crippen LogP contribution is 2.44. The Balaban J connectivity index is 1.84. The highest BCUT2D eigenvalue weighted by atomic mass is 14.6. The highest BCUT2D eigenvalue weighted by Gasteiger charge is 2.37. The maximum atomic E-state index is 6.03. The molecule has 0 aliphatic heterocycles. The van der Waals surface area contributed by atoms with Gasteiger partial charge in [0.1, 0.15) is 0 Å². The molecule has 2 saturated carbocycles. The molecule has 0 bridgehead atoms. The summed E-state index contributed by atoms with van der Waals surface area (Å²) in [7, 11) is 0. The van der Waals surface area contributed by atoms with Crippen molar-refractivity contribution in [2.24, 2.45) is 5.73 Å². The third-order valence-electron chi connectivity index (χ3n) is 5.28. The summed E-state index contributed by atoms with van der Waals surface area (Å²) in [6.45, 7) is 0.821. The van der Waals surface area contributed by atoms with Gasteiger partial charge >= 0.3 is 0 Å². The van der Waals surface area contributed by atoms with E-state index in [4.69, 9.17) is 5.73 Å². The molecule has 0 heterocycles. The molecule has 98 valence electrons. The molecule has 0 radical (unpaired) electrons. The van der Waals surface area contributed by atoms with Crippen LogP contribution in [-0.2, 0) is 5.41 Å². The topological polar surface area (TPSA) is 26.0 Å². The third-order valence-corrected chi connectivity index (χ3v) is 5.28. The summed E-state index contributed by atoms with van der Waals surface area (Å²) in [5.74, 6) is 0.814. The van der Waals surface area contributed by atoms with Gasteiger partial charge in [0.05, 0.1) is 0 Å². The van der Waals surface area contributed by atoms with Crippen LogP contribution in [0.15, 0.2) is 24.3 Å². The van der Waals surface area contributed by atoms with Gasteiger partial charge in [-0.05, 0) is 42.7 Å². The van der Waals surface area contributed by atoms with Gasteiger partial charge in [0, 0.05) is 12.0 Å². The summed E-state index contributed by atoms with van der Waals surface area (Å²) in [6, 6.07) is 9.37. The zero-order chi connectivity index (χ0) is 12.4. The molecule has 1 nitrogen and oxygen atoms in total. The van der Waals surface area contributed by atoms with Crippen molar-refractivity contribution in [2.45, 2.75) is 62.7 Å². The minimum absolute atomic E-state index is 0.324. The lowest BCUT2D eigenvalue weighted by atomic mass is 9.64. The lowest BCUT2D eigenvalue weighted by Gasteiger charge is -2.42. The van der Waals surface area contributed by atoms with Crippen molar-refractivity contribution >= 4 is 0 Å². The molecule has 0 amide bonds. The van der Waals surface area contributed by atoms with E-state index in [2.05, 4.69) is 24.3 Å². The molecule has 0 saturated heterocycles. The Morgan fingerprint density at radius 2 is 1.83 bits per heavy atom. The van der Waals surface area contributed by atoms with E-state index in [1.807, 2.05) is 0 Å². The van der Waals surface area contributed by atoms with Crippen LogP contribution in [0, 0.1) is 0 Å². The molecule has 0 aromatic heterocycles. The smallest absolute Gasteiger partial charge is 0.00756 e. The molecule has 2 fully saturated rings. The first-order chi connectivity index (χ1) is 8.84. The molecule has 2 aliphatic rings. The molecule has 1 aromatic rings. The minimum Gasteiger partial charge on any atom is -0.330 e. The number of hydrogen-bond donors (Lipinski definition) is 1. The van der Waals surface area contributed by atoms with Crippen LogP contribution < -0.4 is 5.73 Å². The first-order valence-electron chi connectivity index (χ1n) is 7.65. The van der Waals surface area contributed by atoms with E-state index >= 15 is 0 Å². The molecule has 1 aromatic carbocycles. The second-order valence-corrected chi connectivity index (χ2v) is 6.30. The van der Waals surface area contributed by atoms with Crippen LogP contribution in [0.5, 0.6) is 0 Å². The predicted molar refractivity (Wildman–Crippen MR) is 76.9 cm³/mol. The highest BCUT2D eigenvalue weighted by molar-refractivity contribution is 5.34. The fraction of sp³-hybridized carbons (Fsp3) is 0.647. The van der Waals surface area contributed by atoms with Crippen molar-refractivity contribution in [3.8, 4) is 0 Å². The van der Waals surface area contributed by atoms with Crippen LogP contribution in [-0.4, -0.2) is 6.54 Å².